The number of ether oxygens (including phenoxy) is 1. The second-order valence-corrected chi connectivity index (χ2v) is 5.25. The molecule has 1 fully saturated rings. The maximum Gasteiger partial charge on any atom is 0.122 e. The van der Waals surface area contributed by atoms with Crippen LogP contribution in [0.3, 0.4) is 0 Å². The van der Waals surface area contributed by atoms with Gasteiger partial charge in [0.25, 0.3) is 0 Å². The summed E-state index contributed by atoms with van der Waals surface area (Å²) in [5, 5.41) is 3.40. The first-order valence-corrected chi connectivity index (χ1v) is 6.68. The van der Waals surface area contributed by atoms with E-state index in [4.69, 9.17) is 4.74 Å². The molecule has 1 aliphatic rings. The molecule has 0 saturated carbocycles. The number of nitrogens with one attached hydrogen (secondary N) is 1. The average molecular weight is 284 g/mol. The van der Waals surface area contributed by atoms with E-state index in [1.807, 2.05) is 6.07 Å². The van der Waals surface area contributed by atoms with Crippen molar-refractivity contribution in [3.8, 4) is 5.75 Å². The van der Waals surface area contributed by atoms with Crippen molar-refractivity contribution in [3.05, 3.63) is 28.2 Å². The van der Waals surface area contributed by atoms with Gasteiger partial charge in [-0.05, 0) is 63.0 Å². The summed E-state index contributed by atoms with van der Waals surface area (Å²) in [5.41, 5.74) is 1.20. The first-order chi connectivity index (χ1) is 7.75. The van der Waals surface area contributed by atoms with E-state index >= 15 is 0 Å². The summed E-state index contributed by atoms with van der Waals surface area (Å²) < 4.78 is 7.17. The number of rotatable bonds is 2. The lowest BCUT2D eigenvalue weighted by atomic mass is 10.1. The highest BCUT2D eigenvalue weighted by atomic mass is 79.9. The Labute approximate surface area is 106 Å². The van der Waals surface area contributed by atoms with Gasteiger partial charge in [-0.3, -0.25) is 0 Å². The molecule has 1 aromatic carbocycles. The van der Waals surface area contributed by atoms with Gasteiger partial charge in [-0.1, -0.05) is 15.9 Å². The topological polar surface area (TPSA) is 21.3 Å². The number of hydrogen-bond acceptors (Lipinski definition) is 2. The highest BCUT2D eigenvalue weighted by molar-refractivity contribution is 9.10. The summed E-state index contributed by atoms with van der Waals surface area (Å²) in [5.74, 6) is 1.02. The predicted molar refractivity (Wildman–Crippen MR) is 70.0 cm³/mol. The maximum atomic E-state index is 6.06. The average Bonchev–Trinajstić information content (AvgIpc) is 2.51. The molecule has 1 N–H and O–H groups in total. The monoisotopic (exact) mass is 283 g/mol. The zero-order valence-corrected chi connectivity index (χ0v) is 11.2. The van der Waals surface area contributed by atoms with Gasteiger partial charge in [0.05, 0.1) is 6.10 Å². The standard InChI is InChI=1S/C13H18BrNO/c1-10-9-11(14)4-5-13(10)16-12-3-2-7-15-8-6-12/h4-5,9,12,15H,2-3,6-8H2,1H3. The van der Waals surface area contributed by atoms with Gasteiger partial charge in [0.2, 0.25) is 0 Å². The Morgan fingerprint density at radius 1 is 1.31 bits per heavy atom. The van der Waals surface area contributed by atoms with E-state index in [2.05, 4.69) is 40.3 Å². The van der Waals surface area contributed by atoms with Crippen LogP contribution in [0.25, 0.3) is 0 Å². The minimum atomic E-state index is 0.370. The Balaban J connectivity index is 2.01. The lowest BCUT2D eigenvalue weighted by molar-refractivity contribution is 0.186. The van der Waals surface area contributed by atoms with Gasteiger partial charge in [0.1, 0.15) is 5.75 Å². The van der Waals surface area contributed by atoms with E-state index < -0.39 is 0 Å². The van der Waals surface area contributed by atoms with Crippen molar-refractivity contribution < 1.29 is 4.74 Å². The molecule has 16 heavy (non-hydrogen) atoms. The van der Waals surface area contributed by atoms with Crippen LogP contribution in [0.15, 0.2) is 22.7 Å². The second kappa shape index (κ2) is 5.69. The number of halogens is 1. The van der Waals surface area contributed by atoms with E-state index in [0.717, 1.165) is 36.2 Å². The summed E-state index contributed by atoms with van der Waals surface area (Å²) in [6.45, 7) is 4.29. The van der Waals surface area contributed by atoms with Gasteiger partial charge in [-0.2, -0.15) is 0 Å². The first kappa shape index (κ1) is 11.9. The lowest BCUT2D eigenvalue weighted by Crippen LogP contribution is -2.19. The number of hydrogen-bond donors (Lipinski definition) is 1. The van der Waals surface area contributed by atoms with Gasteiger partial charge in [-0.25, -0.2) is 0 Å². The van der Waals surface area contributed by atoms with Crippen LogP contribution < -0.4 is 10.1 Å². The van der Waals surface area contributed by atoms with Gasteiger partial charge in [-0.15, -0.1) is 0 Å². The van der Waals surface area contributed by atoms with Crippen molar-refractivity contribution in [1.29, 1.82) is 0 Å². The third kappa shape index (κ3) is 3.22. The Morgan fingerprint density at radius 2 is 2.19 bits per heavy atom. The smallest absolute Gasteiger partial charge is 0.122 e. The Morgan fingerprint density at radius 3 is 3.00 bits per heavy atom. The minimum Gasteiger partial charge on any atom is -0.490 e. The Kier molecular flexibility index (Phi) is 4.24. The molecule has 0 radical (unpaired) electrons. The third-order valence-electron chi connectivity index (χ3n) is 2.95. The Bertz CT molecular complexity index is 346. The largest absolute Gasteiger partial charge is 0.490 e. The molecule has 0 spiro atoms. The third-order valence-corrected chi connectivity index (χ3v) is 3.45. The summed E-state index contributed by atoms with van der Waals surface area (Å²) in [6.07, 6.45) is 3.84. The fourth-order valence-corrected chi connectivity index (χ4v) is 2.51. The summed E-state index contributed by atoms with van der Waals surface area (Å²) >= 11 is 3.47. The summed E-state index contributed by atoms with van der Waals surface area (Å²) in [6, 6.07) is 6.19. The minimum absolute atomic E-state index is 0.370. The van der Waals surface area contributed by atoms with E-state index in [1.165, 1.54) is 12.0 Å². The van der Waals surface area contributed by atoms with Gasteiger partial charge < -0.3 is 10.1 Å². The second-order valence-electron chi connectivity index (χ2n) is 4.33. The van der Waals surface area contributed by atoms with Crippen molar-refractivity contribution in [2.75, 3.05) is 13.1 Å². The molecule has 1 aliphatic heterocycles. The summed E-state index contributed by atoms with van der Waals surface area (Å²) in [4.78, 5) is 0. The number of aryl methyl sites for hydroxylation is 1. The lowest BCUT2D eigenvalue weighted by Gasteiger charge is -2.18. The predicted octanol–water partition coefficient (Wildman–Crippen LogP) is 3.28. The molecule has 1 atom stereocenters. The molecule has 1 saturated heterocycles. The quantitative estimate of drug-likeness (QED) is 0.900. The fraction of sp³-hybridized carbons (Fsp3) is 0.538. The molecule has 3 heteroatoms. The molecule has 2 nitrogen and oxygen atoms in total. The van der Waals surface area contributed by atoms with Crippen LogP contribution in [0.5, 0.6) is 5.75 Å². The van der Waals surface area contributed by atoms with Crippen LogP contribution in [0, 0.1) is 6.92 Å². The molecule has 88 valence electrons. The molecule has 0 amide bonds. The van der Waals surface area contributed by atoms with Crippen molar-refractivity contribution >= 4 is 15.9 Å². The van der Waals surface area contributed by atoms with E-state index in [1.54, 1.807) is 0 Å². The van der Waals surface area contributed by atoms with Crippen molar-refractivity contribution in [2.45, 2.75) is 32.3 Å². The molecule has 0 aromatic heterocycles. The zero-order chi connectivity index (χ0) is 11.4. The summed E-state index contributed by atoms with van der Waals surface area (Å²) in [7, 11) is 0. The van der Waals surface area contributed by atoms with Crippen LogP contribution >= 0.6 is 15.9 Å². The van der Waals surface area contributed by atoms with E-state index in [0.29, 0.717) is 6.10 Å². The van der Waals surface area contributed by atoms with Crippen LogP contribution in [0.2, 0.25) is 0 Å². The zero-order valence-electron chi connectivity index (χ0n) is 9.63. The highest BCUT2D eigenvalue weighted by Gasteiger charge is 2.14. The number of benzene rings is 1. The SMILES string of the molecule is Cc1cc(Br)ccc1OC1CCCNCC1. The normalized spacial score (nSPS) is 21.5. The van der Waals surface area contributed by atoms with Crippen molar-refractivity contribution in [2.24, 2.45) is 0 Å². The molecule has 0 aliphatic carbocycles. The van der Waals surface area contributed by atoms with Crippen LogP contribution in [-0.2, 0) is 0 Å². The highest BCUT2D eigenvalue weighted by Crippen LogP contribution is 2.24. The van der Waals surface area contributed by atoms with Gasteiger partial charge >= 0.3 is 0 Å². The van der Waals surface area contributed by atoms with Crippen molar-refractivity contribution in [1.82, 2.24) is 5.32 Å². The first-order valence-electron chi connectivity index (χ1n) is 5.89. The van der Waals surface area contributed by atoms with Crippen LogP contribution in [0.4, 0.5) is 0 Å². The molecule has 2 rings (SSSR count). The molecular weight excluding hydrogens is 266 g/mol. The van der Waals surface area contributed by atoms with E-state index in [9.17, 15) is 0 Å². The molecule has 0 bridgehead atoms. The molecule has 1 aromatic rings. The van der Waals surface area contributed by atoms with Crippen LogP contribution in [-0.4, -0.2) is 19.2 Å². The molecular formula is C13H18BrNO. The maximum absolute atomic E-state index is 6.06. The van der Waals surface area contributed by atoms with Gasteiger partial charge in [0, 0.05) is 4.47 Å². The van der Waals surface area contributed by atoms with Crippen molar-refractivity contribution in [3.63, 3.8) is 0 Å². The fourth-order valence-electron chi connectivity index (χ4n) is 2.03. The molecule has 1 heterocycles. The van der Waals surface area contributed by atoms with Crippen LogP contribution in [0.1, 0.15) is 24.8 Å². The molecule has 1 unspecified atom stereocenters. The van der Waals surface area contributed by atoms with E-state index in [-0.39, 0.29) is 0 Å². The Hall–Kier alpha value is -0.540. The van der Waals surface area contributed by atoms with Gasteiger partial charge in [0.15, 0.2) is 0 Å².